The van der Waals surface area contributed by atoms with E-state index in [4.69, 9.17) is 20.2 Å². The van der Waals surface area contributed by atoms with Crippen molar-refractivity contribution in [3.05, 3.63) is 23.8 Å². The second kappa shape index (κ2) is 6.63. The quantitative estimate of drug-likeness (QED) is 0.584. The van der Waals surface area contributed by atoms with Gasteiger partial charge in [0, 0.05) is 10.7 Å². The van der Waals surface area contributed by atoms with Crippen molar-refractivity contribution in [2.75, 3.05) is 26.6 Å². The van der Waals surface area contributed by atoms with E-state index in [1.165, 1.54) is 32.4 Å². The second-order valence-corrected chi connectivity index (χ2v) is 6.35. The Bertz CT molecular complexity index is 554. The molecule has 0 fully saturated rings. The van der Waals surface area contributed by atoms with Gasteiger partial charge in [-0.3, -0.25) is 0 Å². The van der Waals surface area contributed by atoms with Crippen molar-refractivity contribution < 1.29 is 27.4 Å². The van der Waals surface area contributed by atoms with Crippen LogP contribution in [0.4, 0.5) is 0 Å². The fourth-order valence-corrected chi connectivity index (χ4v) is 1.75. The number of methoxy groups -OCH3 is 2. The standard InChI is InChI=1S/C11H13ClO6S/c1-16-10-7-8(11(13)17-2)3-4-9(10)18-5-6-19(12,14)15/h3-4,7H,5-6H2,1-2H3. The lowest BCUT2D eigenvalue weighted by molar-refractivity contribution is 0.0600. The molecule has 0 saturated heterocycles. The molecule has 0 spiro atoms. The van der Waals surface area contributed by atoms with Crippen LogP contribution in [0.1, 0.15) is 10.4 Å². The van der Waals surface area contributed by atoms with E-state index in [1.807, 2.05) is 0 Å². The molecule has 19 heavy (non-hydrogen) atoms. The van der Waals surface area contributed by atoms with Gasteiger partial charge in [0.25, 0.3) is 0 Å². The molecular weight excluding hydrogens is 296 g/mol. The Morgan fingerprint density at radius 3 is 2.47 bits per heavy atom. The van der Waals surface area contributed by atoms with Crippen molar-refractivity contribution in [3.63, 3.8) is 0 Å². The predicted octanol–water partition coefficient (Wildman–Crippen LogP) is 1.43. The molecule has 0 radical (unpaired) electrons. The first-order valence-corrected chi connectivity index (χ1v) is 7.66. The molecule has 0 saturated carbocycles. The first-order chi connectivity index (χ1) is 8.87. The minimum Gasteiger partial charge on any atom is -0.493 e. The van der Waals surface area contributed by atoms with E-state index in [2.05, 4.69) is 4.74 Å². The predicted molar refractivity (Wildman–Crippen MR) is 69.5 cm³/mol. The second-order valence-electron chi connectivity index (χ2n) is 3.45. The number of ether oxygens (including phenoxy) is 3. The molecule has 6 nitrogen and oxygen atoms in total. The normalized spacial score (nSPS) is 10.9. The van der Waals surface area contributed by atoms with Gasteiger partial charge in [0.2, 0.25) is 9.05 Å². The Labute approximate surface area is 115 Å². The molecule has 0 aliphatic rings. The van der Waals surface area contributed by atoms with Gasteiger partial charge in [-0.25, -0.2) is 13.2 Å². The van der Waals surface area contributed by atoms with Crippen molar-refractivity contribution in [3.8, 4) is 11.5 Å². The third-order valence-electron chi connectivity index (χ3n) is 2.17. The molecule has 0 bridgehead atoms. The van der Waals surface area contributed by atoms with Gasteiger partial charge in [0.1, 0.15) is 6.61 Å². The fourth-order valence-electron chi connectivity index (χ4n) is 1.28. The number of benzene rings is 1. The van der Waals surface area contributed by atoms with Crippen molar-refractivity contribution in [2.45, 2.75) is 0 Å². The largest absolute Gasteiger partial charge is 0.493 e. The Morgan fingerprint density at radius 2 is 1.95 bits per heavy atom. The van der Waals surface area contributed by atoms with Crippen LogP contribution >= 0.6 is 10.7 Å². The Kier molecular flexibility index (Phi) is 5.44. The number of hydrogen-bond acceptors (Lipinski definition) is 6. The highest BCUT2D eigenvalue weighted by Gasteiger charge is 2.12. The summed E-state index contributed by atoms with van der Waals surface area (Å²) in [5, 5.41) is 0. The van der Waals surface area contributed by atoms with Gasteiger partial charge < -0.3 is 14.2 Å². The van der Waals surface area contributed by atoms with E-state index in [-0.39, 0.29) is 12.4 Å². The van der Waals surface area contributed by atoms with Gasteiger partial charge in [-0.05, 0) is 18.2 Å². The smallest absolute Gasteiger partial charge is 0.337 e. The van der Waals surface area contributed by atoms with E-state index < -0.39 is 15.0 Å². The third-order valence-corrected chi connectivity index (χ3v) is 3.29. The number of carbonyl (C=O) groups excluding carboxylic acids is 1. The van der Waals surface area contributed by atoms with Crippen molar-refractivity contribution in [1.29, 1.82) is 0 Å². The zero-order chi connectivity index (χ0) is 14.5. The monoisotopic (exact) mass is 308 g/mol. The van der Waals surface area contributed by atoms with E-state index in [0.717, 1.165) is 0 Å². The van der Waals surface area contributed by atoms with Crippen LogP contribution in [0.25, 0.3) is 0 Å². The molecule has 0 aliphatic carbocycles. The number of esters is 1. The highest BCUT2D eigenvalue weighted by Crippen LogP contribution is 2.28. The summed E-state index contributed by atoms with van der Waals surface area (Å²) in [6.07, 6.45) is 0. The average Bonchev–Trinajstić information content (AvgIpc) is 2.36. The summed E-state index contributed by atoms with van der Waals surface area (Å²) in [5.74, 6) is -0.213. The fraction of sp³-hybridized carbons (Fsp3) is 0.364. The van der Waals surface area contributed by atoms with Crippen molar-refractivity contribution in [1.82, 2.24) is 0 Å². The molecule has 0 unspecified atom stereocenters. The number of carbonyl (C=O) groups is 1. The topological polar surface area (TPSA) is 78.9 Å². The zero-order valence-corrected chi connectivity index (χ0v) is 12.0. The van der Waals surface area contributed by atoms with Crippen LogP contribution in [0.3, 0.4) is 0 Å². The highest BCUT2D eigenvalue weighted by atomic mass is 35.7. The van der Waals surface area contributed by atoms with Crippen LogP contribution in [0, 0.1) is 0 Å². The van der Waals surface area contributed by atoms with Crippen LogP contribution < -0.4 is 9.47 Å². The molecule has 0 atom stereocenters. The molecule has 1 aromatic rings. The first kappa shape index (κ1) is 15.6. The van der Waals surface area contributed by atoms with Crippen molar-refractivity contribution >= 4 is 25.7 Å². The maximum absolute atomic E-state index is 11.3. The highest BCUT2D eigenvalue weighted by molar-refractivity contribution is 8.13. The van der Waals surface area contributed by atoms with E-state index >= 15 is 0 Å². The lowest BCUT2D eigenvalue weighted by atomic mass is 10.2. The van der Waals surface area contributed by atoms with Gasteiger partial charge in [-0.2, -0.15) is 0 Å². The van der Waals surface area contributed by atoms with E-state index in [0.29, 0.717) is 17.1 Å². The molecule has 0 aliphatic heterocycles. The third kappa shape index (κ3) is 4.96. The zero-order valence-electron chi connectivity index (χ0n) is 10.4. The minimum absolute atomic E-state index is 0.111. The SMILES string of the molecule is COC(=O)c1ccc(OCCS(=O)(=O)Cl)c(OC)c1. The van der Waals surface area contributed by atoms with Gasteiger partial charge in [0.15, 0.2) is 11.5 Å². The Hall–Kier alpha value is -1.47. The summed E-state index contributed by atoms with van der Waals surface area (Å²) >= 11 is 0. The Morgan fingerprint density at radius 1 is 1.26 bits per heavy atom. The van der Waals surface area contributed by atoms with Crippen LogP contribution in [-0.2, 0) is 13.8 Å². The van der Waals surface area contributed by atoms with E-state index in [9.17, 15) is 13.2 Å². The molecule has 1 aromatic carbocycles. The van der Waals surface area contributed by atoms with E-state index in [1.54, 1.807) is 0 Å². The lowest BCUT2D eigenvalue weighted by Gasteiger charge is -2.11. The van der Waals surface area contributed by atoms with Gasteiger partial charge >= 0.3 is 5.97 Å². The van der Waals surface area contributed by atoms with Crippen LogP contribution in [-0.4, -0.2) is 41.0 Å². The van der Waals surface area contributed by atoms with Crippen LogP contribution in [0.2, 0.25) is 0 Å². The molecule has 8 heteroatoms. The summed E-state index contributed by atoms with van der Waals surface area (Å²) < 4.78 is 36.4. The summed E-state index contributed by atoms with van der Waals surface area (Å²) in [6.45, 7) is -0.111. The summed E-state index contributed by atoms with van der Waals surface area (Å²) in [4.78, 5) is 11.3. The first-order valence-electron chi connectivity index (χ1n) is 5.19. The average molecular weight is 309 g/mol. The summed E-state index contributed by atoms with van der Waals surface area (Å²) in [7, 11) is 4.12. The van der Waals surface area contributed by atoms with Gasteiger partial charge in [0.05, 0.1) is 25.5 Å². The molecule has 0 N–H and O–H groups in total. The lowest BCUT2D eigenvalue weighted by Crippen LogP contribution is -2.10. The van der Waals surface area contributed by atoms with Crippen LogP contribution in [0.5, 0.6) is 11.5 Å². The molecule has 1 rings (SSSR count). The molecule has 106 valence electrons. The molecule has 0 amide bonds. The summed E-state index contributed by atoms with van der Waals surface area (Å²) in [5.41, 5.74) is 0.302. The molecular formula is C11H13ClO6S. The number of halogens is 1. The van der Waals surface area contributed by atoms with Crippen LogP contribution in [0.15, 0.2) is 18.2 Å². The maximum atomic E-state index is 11.3. The van der Waals surface area contributed by atoms with Gasteiger partial charge in [-0.15, -0.1) is 0 Å². The maximum Gasteiger partial charge on any atom is 0.337 e. The van der Waals surface area contributed by atoms with Gasteiger partial charge in [-0.1, -0.05) is 0 Å². The molecule has 0 aromatic heterocycles. The number of hydrogen-bond donors (Lipinski definition) is 0. The summed E-state index contributed by atoms with van der Waals surface area (Å²) in [6, 6.07) is 4.42. The number of rotatable bonds is 6. The molecule has 0 heterocycles. The van der Waals surface area contributed by atoms with Crippen molar-refractivity contribution in [2.24, 2.45) is 0 Å². The Balaban J connectivity index is 2.82. The minimum atomic E-state index is -3.61.